The van der Waals surface area contributed by atoms with Crippen LogP contribution in [0.5, 0.6) is 0 Å². The summed E-state index contributed by atoms with van der Waals surface area (Å²) in [6.07, 6.45) is 12.5. The second kappa shape index (κ2) is 8.66. The normalized spacial score (nSPS) is 14.3. The van der Waals surface area contributed by atoms with Gasteiger partial charge < -0.3 is 0 Å². The van der Waals surface area contributed by atoms with Crippen molar-refractivity contribution in [2.75, 3.05) is 0 Å². The molecule has 0 aliphatic heterocycles. The summed E-state index contributed by atoms with van der Waals surface area (Å²) < 4.78 is 0. The highest BCUT2D eigenvalue weighted by Crippen LogP contribution is 2.10. The minimum Gasteiger partial charge on any atom is -0.261 e. The van der Waals surface area contributed by atoms with Gasteiger partial charge in [-0.25, -0.2) is 0 Å². The summed E-state index contributed by atoms with van der Waals surface area (Å²) in [5, 5.41) is 0. The lowest BCUT2D eigenvalue weighted by atomic mass is 10.1. The number of nitrogens with zero attached hydrogens (tertiary/aromatic N) is 1. The summed E-state index contributed by atoms with van der Waals surface area (Å²) in [4.78, 5) is 4.38. The van der Waals surface area contributed by atoms with Crippen LogP contribution in [0.2, 0.25) is 0 Å². The van der Waals surface area contributed by atoms with E-state index in [1.807, 2.05) is 38.3 Å². The smallest absolute Gasteiger partial charge is 0.0346 e. The van der Waals surface area contributed by atoms with Gasteiger partial charge >= 0.3 is 0 Å². The molecule has 0 saturated heterocycles. The molecule has 0 aromatic rings. The number of rotatable bonds is 6. The van der Waals surface area contributed by atoms with Gasteiger partial charge in [0.05, 0.1) is 0 Å². The molecule has 0 amide bonds. The second-order valence-corrected chi connectivity index (χ2v) is 3.32. The van der Waals surface area contributed by atoms with E-state index >= 15 is 0 Å². The van der Waals surface area contributed by atoms with Crippen molar-refractivity contribution in [2.45, 2.75) is 27.2 Å². The molecule has 0 N–H and O–H groups in total. The lowest BCUT2D eigenvalue weighted by Crippen LogP contribution is -1.88. The van der Waals surface area contributed by atoms with Crippen LogP contribution in [-0.4, -0.2) is 6.21 Å². The van der Waals surface area contributed by atoms with Crippen molar-refractivity contribution in [2.24, 2.45) is 4.99 Å². The molecule has 0 aromatic heterocycles. The molecule has 0 aliphatic carbocycles. The Morgan fingerprint density at radius 2 is 1.94 bits per heavy atom. The quantitative estimate of drug-likeness (QED) is 0.453. The monoisotopic (exact) mass is 215 g/mol. The summed E-state index contributed by atoms with van der Waals surface area (Å²) in [5.41, 5.74) is 3.12. The summed E-state index contributed by atoms with van der Waals surface area (Å²) in [5.74, 6) is 0. The van der Waals surface area contributed by atoms with Gasteiger partial charge in [0, 0.05) is 11.9 Å². The molecule has 0 radical (unpaired) electrons. The molecular weight excluding hydrogens is 194 g/mol. The van der Waals surface area contributed by atoms with Gasteiger partial charge in [-0.3, -0.25) is 4.99 Å². The molecule has 1 heteroatoms. The Kier molecular flexibility index (Phi) is 7.78. The zero-order valence-electron chi connectivity index (χ0n) is 10.5. The average molecular weight is 215 g/mol. The predicted octanol–water partition coefficient (Wildman–Crippen LogP) is 4.62. The molecular formula is C15H21N. The highest BCUT2D eigenvalue weighted by molar-refractivity contribution is 5.86. The Labute approximate surface area is 99.3 Å². The van der Waals surface area contributed by atoms with Crippen LogP contribution in [0.3, 0.4) is 0 Å². The fourth-order valence-corrected chi connectivity index (χ4v) is 1.24. The maximum atomic E-state index is 4.38. The fraction of sp³-hybridized carbons (Fsp3) is 0.267. The van der Waals surface area contributed by atoms with Crippen LogP contribution in [0.25, 0.3) is 0 Å². The standard InChI is InChI=1S/C15H21N/c1-6-10-13(5)16-12-15(9-4)14(8-3)11-7-2/h7-12H,2-3,6H2,1,4-5H3/b13-10+,14-11+,15-9+,16-12+. The Morgan fingerprint density at radius 3 is 2.38 bits per heavy atom. The van der Waals surface area contributed by atoms with Crippen molar-refractivity contribution in [3.05, 3.63) is 60.4 Å². The van der Waals surface area contributed by atoms with Gasteiger partial charge in [0.2, 0.25) is 0 Å². The second-order valence-electron chi connectivity index (χ2n) is 3.32. The summed E-state index contributed by atoms with van der Waals surface area (Å²) in [6, 6.07) is 0. The SMILES string of the molecule is C=C/C=C(C=C)/C(=C/C)/C=N/C(C)=C/CC. The van der Waals surface area contributed by atoms with Crippen molar-refractivity contribution < 1.29 is 0 Å². The zero-order chi connectivity index (χ0) is 12.4. The van der Waals surface area contributed by atoms with E-state index < -0.39 is 0 Å². The number of allylic oxidation sites excluding steroid dienone is 8. The third-order valence-electron chi connectivity index (χ3n) is 2.07. The molecule has 0 saturated carbocycles. The van der Waals surface area contributed by atoms with Crippen molar-refractivity contribution in [1.29, 1.82) is 0 Å². The van der Waals surface area contributed by atoms with Gasteiger partial charge in [0.25, 0.3) is 0 Å². The summed E-state index contributed by atoms with van der Waals surface area (Å²) in [7, 11) is 0. The first-order valence-electron chi connectivity index (χ1n) is 5.52. The average Bonchev–Trinajstić information content (AvgIpc) is 2.28. The van der Waals surface area contributed by atoms with Gasteiger partial charge in [0.15, 0.2) is 0 Å². The highest BCUT2D eigenvalue weighted by atomic mass is 14.7. The Balaban J connectivity index is 4.91. The van der Waals surface area contributed by atoms with Crippen molar-refractivity contribution in [1.82, 2.24) is 0 Å². The van der Waals surface area contributed by atoms with E-state index in [9.17, 15) is 0 Å². The van der Waals surface area contributed by atoms with Gasteiger partial charge in [0.1, 0.15) is 0 Å². The molecule has 0 fully saturated rings. The number of aliphatic imine (C=N–C) groups is 1. The highest BCUT2D eigenvalue weighted by Gasteiger charge is 1.95. The summed E-state index contributed by atoms with van der Waals surface area (Å²) in [6.45, 7) is 13.5. The topological polar surface area (TPSA) is 12.4 Å². The molecule has 0 unspecified atom stereocenters. The van der Waals surface area contributed by atoms with Gasteiger partial charge in [-0.15, -0.1) is 0 Å². The van der Waals surface area contributed by atoms with Crippen LogP contribution in [0, 0.1) is 0 Å². The van der Waals surface area contributed by atoms with Crippen molar-refractivity contribution in [3.63, 3.8) is 0 Å². The van der Waals surface area contributed by atoms with Crippen LogP contribution in [0.4, 0.5) is 0 Å². The molecule has 0 bridgehead atoms. The molecule has 0 aliphatic rings. The van der Waals surface area contributed by atoms with Crippen LogP contribution in [0.15, 0.2) is 65.4 Å². The van der Waals surface area contributed by atoms with Crippen molar-refractivity contribution >= 4 is 6.21 Å². The van der Waals surface area contributed by atoms with Gasteiger partial charge in [-0.2, -0.15) is 0 Å². The molecule has 0 spiro atoms. The Hall–Kier alpha value is -1.63. The van der Waals surface area contributed by atoms with Gasteiger partial charge in [-0.05, 0) is 31.4 Å². The third kappa shape index (κ3) is 5.30. The maximum absolute atomic E-state index is 4.38. The van der Waals surface area contributed by atoms with E-state index in [-0.39, 0.29) is 0 Å². The minimum atomic E-state index is 1.01. The molecule has 0 rings (SSSR count). The van der Waals surface area contributed by atoms with Crippen LogP contribution < -0.4 is 0 Å². The molecule has 1 nitrogen and oxygen atoms in total. The lowest BCUT2D eigenvalue weighted by molar-refractivity contribution is 1.16. The largest absolute Gasteiger partial charge is 0.261 e. The van der Waals surface area contributed by atoms with Gasteiger partial charge in [-0.1, -0.05) is 50.5 Å². The van der Waals surface area contributed by atoms with E-state index in [1.54, 1.807) is 6.08 Å². The van der Waals surface area contributed by atoms with E-state index in [0.29, 0.717) is 0 Å². The van der Waals surface area contributed by atoms with E-state index in [4.69, 9.17) is 0 Å². The molecule has 86 valence electrons. The van der Waals surface area contributed by atoms with Crippen LogP contribution in [0.1, 0.15) is 27.2 Å². The maximum Gasteiger partial charge on any atom is 0.0346 e. The number of hydrogen-bond donors (Lipinski definition) is 0. The predicted molar refractivity (Wildman–Crippen MR) is 74.8 cm³/mol. The molecule has 0 aromatic carbocycles. The first-order valence-corrected chi connectivity index (χ1v) is 5.52. The molecule has 0 heterocycles. The Morgan fingerprint density at radius 1 is 1.25 bits per heavy atom. The lowest BCUT2D eigenvalue weighted by Gasteiger charge is -2.01. The van der Waals surface area contributed by atoms with E-state index in [0.717, 1.165) is 23.3 Å². The van der Waals surface area contributed by atoms with E-state index in [1.165, 1.54) is 0 Å². The van der Waals surface area contributed by atoms with E-state index in [2.05, 4.69) is 31.2 Å². The molecule has 16 heavy (non-hydrogen) atoms. The number of hydrogen-bond acceptors (Lipinski definition) is 1. The molecule has 0 atom stereocenters. The first-order chi connectivity index (χ1) is 7.69. The first kappa shape index (κ1) is 14.4. The van der Waals surface area contributed by atoms with Crippen LogP contribution >= 0.6 is 0 Å². The third-order valence-corrected chi connectivity index (χ3v) is 2.07. The van der Waals surface area contributed by atoms with Crippen LogP contribution in [-0.2, 0) is 0 Å². The summed E-state index contributed by atoms with van der Waals surface area (Å²) >= 11 is 0. The van der Waals surface area contributed by atoms with Crippen molar-refractivity contribution in [3.8, 4) is 0 Å². The minimum absolute atomic E-state index is 1.01. The Bertz CT molecular complexity index is 352. The fourth-order valence-electron chi connectivity index (χ4n) is 1.24. The zero-order valence-corrected chi connectivity index (χ0v) is 10.5.